The van der Waals surface area contributed by atoms with Crippen molar-refractivity contribution in [1.82, 2.24) is 0 Å². The predicted molar refractivity (Wildman–Crippen MR) is 161 cm³/mol. The van der Waals surface area contributed by atoms with Gasteiger partial charge in [-0.3, -0.25) is 0 Å². The fourth-order valence-corrected chi connectivity index (χ4v) is 6.01. The summed E-state index contributed by atoms with van der Waals surface area (Å²) in [5.41, 5.74) is 9.90. The van der Waals surface area contributed by atoms with Gasteiger partial charge in [-0.25, -0.2) is 4.76 Å². The molecule has 0 saturated carbocycles. The summed E-state index contributed by atoms with van der Waals surface area (Å²) in [6.07, 6.45) is 0. The molecule has 0 saturated heterocycles. The van der Waals surface area contributed by atoms with E-state index in [-0.39, 0.29) is 11.5 Å². The van der Waals surface area contributed by atoms with Crippen molar-refractivity contribution in [3.63, 3.8) is 0 Å². The van der Waals surface area contributed by atoms with Crippen molar-refractivity contribution in [2.24, 2.45) is 10.5 Å². The smallest absolute Gasteiger partial charge is 0.211 e. The number of ether oxygens (including phenoxy) is 1. The first-order valence-electron chi connectivity index (χ1n) is 12.5. The molecule has 0 aliphatic heterocycles. The predicted octanol–water partition coefficient (Wildman–Crippen LogP) is 6.96. The van der Waals surface area contributed by atoms with Gasteiger partial charge >= 0.3 is 0 Å². The molecular formula is C34H26N3OP. The zero-order valence-corrected chi connectivity index (χ0v) is 22.1. The third-order valence-electron chi connectivity index (χ3n) is 6.04. The van der Waals surface area contributed by atoms with Crippen molar-refractivity contribution >= 4 is 24.4 Å². The molecule has 39 heavy (non-hydrogen) atoms. The van der Waals surface area contributed by atoms with Gasteiger partial charge < -0.3 is 10.5 Å². The maximum Gasteiger partial charge on any atom is 0.211 e. The molecule has 0 spiro atoms. The van der Waals surface area contributed by atoms with E-state index < -0.39 is 8.07 Å². The van der Waals surface area contributed by atoms with Crippen LogP contribution in [0.2, 0.25) is 0 Å². The van der Waals surface area contributed by atoms with Crippen LogP contribution in [0.15, 0.2) is 162 Å². The Kier molecular flexibility index (Phi) is 8.24. The molecule has 5 aromatic rings. The quantitative estimate of drug-likeness (QED) is 0.103. The Morgan fingerprint density at radius 3 is 1.69 bits per heavy atom. The molecule has 0 amide bonds. The second kappa shape index (κ2) is 12.5. The van der Waals surface area contributed by atoms with Crippen molar-refractivity contribution in [3.05, 3.63) is 163 Å². The molecular weight excluding hydrogens is 497 g/mol. The number of para-hydroxylation sites is 1. The summed E-state index contributed by atoms with van der Waals surface area (Å²) in [6, 6.07) is 49.8. The van der Waals surface area contributed by atoms with Crippen LogP contribution in [-0.2, 0) is 0 Å². The summed E-state index contributed by atoms with van der Waals surface area (Å²) in [5.74, 6) is 0.564. The molecule has 0 bridgehead atoms. The van der Waals surface area contributed by atoms with E-state index in [1.165, 1.54) is 0 Å². The molecule has 5 rings (SSSR count). The number of hydrogen-bond acceptors (Lipinski definition) is 4. The van der Waals surface area contributed by atoms with Crippen LogP contribution in [0.4, 0.5) is 0 Å². The van der Waals surface area contributed by atoms with Gasteiger partial charge in [-0.15, -0.1) is 0 Å². The van der Waals surface area contributed by atoms with Crippen LogP contribution in [0.5, 0.6) is 5.75 Å². The minimum atomic E-state index is -1.19. The number of nitrogens with two attached hydrogens (primary N) is 1. The van der Waals surface area contributed by atoms with Crippen LogP contribution in [-0.4, -0.2) is 5.71 Å². The Balaban J connectivity index is 1.65. The first-order valence-corrected chi connectivity index (χ1v) is 13.8. The zero-order valence-electron chi connectivity index (χ0n) is 21.2. The van der Waals surface area contributed by atoms with Crippen LogP contribution < -0.4 is 21.1 Å². The van der Waals surface area contributed by atoms with E-state index in [0.717, 1.165) is 27.3 Å². The van der Waals surface area contributed by atoms with Crippen LogP contribution in [0, 0.1) is 11.3 Å². The van der Waals surface area contributed by atoms with Crippen LogP contribution in [0.3, 0.4) is 0 Å². The van der Waals surface area contributed by atoms with Gasteiger partial charge in [0.25, 0.3) is 0 Å². The average Bonchev–Trinajstić information content (AvgIpc) is 3.01. The molecule has 0 aromatic heterocycles. The maximum atomic E-state index is 10.4. The second-order valence-electron chi connectivity index (χ2n) is 8.61. The van der Waals surface area contributed by atoms with E-state index >= 15 is 0 Å². The molecule has 5 heteroatoms. The van der Waals surface area contributed by atoms with E-state index in [1.807, 2.05) is 121 Å². The number of nitrogens with zero attached hydrogens (tertiary/aromatic N) is 2. The zero-order chi connectivity index (χ0) is 26.9. The van der Waals surface area contributed by atoms with Gasteiger partial charge in [-0.2, -0.15) is 5.26 Å². The van der Waals surface area contributed by atoms with Crippen molar-refractivity contribution in [1.29, 1.82) is 5.26 Å². The summed E-state index contributed by atoms with van der Waals surface area (Å²) in [6.45, 7) is 0. The summed E-state index contributed by atoms with van der Waals surface area (Å²) in [7, 11) is -1.19. The average molecular weight is 524 g/mol. The van der Waals surface area contributed by atoms with Gasteiger partial charge in [0.05, 0.1) is 13.8 Å². The van der Waals surface area contributed by atoms with Gasteiger partial charge in [0.1, 0.15) is 17.4 Å². The Morgan fingerprint density at radius 1 is 0.641 bits per heavy atom. The van der Waals surface area contributed by atoms with Crippen molar-refractivity contribution < 1.29 is 4.74 Å². The van der Waals surface area contributed by atoms with Crippen molar-refractivity contribution in [3.8, 4) is 22.9 Å². The fraction of sp³-hybridized carbons (Fsp3) is 0. The molecule has 4 nitrogen and oxygen atoms in total. The van der Waals surface area contributed by atoms with Crippen LogP contribution in [0.25, 0.3) is 11.1 Å². The number of allylic oxidation sites excluding steroid dienone is 1. The molecule has 188 valence electrons. The molecule has 0 aliphatic carbocycles. The second-order valence-corrected chi connectivity index (χ2v) is 10.5. The monoisotopic (exact) mass is 523 g/mol. The standard InChI is InChI=1S/C34H26N3OP/c35-25-31(34(36)38-32-24-14-13-23-30(32)26-15-5-1-6-16-26)33(27-17-7-2-8-18-27)37-39(28-19-9-3-10-20-28)29-21-11-4-12-22-29/h1-24H,36H2/b34-31+,37-33-. The highest BCUT2D eigenvalue weighted by atomic mass is 31.1. The van der Waals surface area contributed by atoms with Crippen molar-refractivity contribution in [2.75, 3.05) is 0 Å². The van der Waals surface area contributed by atoms with Gasteiger partial charge in [-0.05, 0) is 11.6 Å². The van der Waals surface area contributed by atoms with E-state index in [9.17, 15) is 5.26 Å². The lowest BCUT2D eigenvalue weighted by Crippen LogP contribution is -2.18. The Labute approximate surface area is 230 Å². The van der Waals surface area contributed by atoms with E-state index in [4.69, 9.17) is 15.2 Å². The Bertz CT molecular complexity index is 1590. The SMILES string of the molecule is N#CC(/C(=N\P(c1ccccc1)c1ccccc1)c1ccccc1)=C(/N)Oc1ccccc1-c1ccccc1. The third kappa shape index (κ3) is 6.13. The minimum absolute atomic E-state index is 0.000410. The molecule has 0 atom stereocenters. The lowest BCUT2D eigenvalue weighted by molar-refractivity contribution is 0.419. The van der Waals surface area contributed by atoms with Gasteiger partial charge in [-0.1, -0.05) is 140 Å². The number of rotatable bonds is 8. The molecule has 0 heterocycles. The molecule has 2 N–H and O–H groups in total. The summed E-state index contributed by atoms with van der Waals surface area (Å²) >= 11 is 0. The lowest BCUT2D eigenvalue weighted by Gasteiger charge is -2.18. The van der Waals surface area contributed by atoms with Gasteiger partial charge in [0, 0.05) is 21.7 Å². The molecule has 0 fully saturated rings. The minimum Gasteiger partial charge on any atom is -0.439 e. The van der Waals surface area contributed by atoms with E-state index in [1.54, 1.807) is 0 Å². The topological polar surface area (TPSA) is 71.4 Å². The first kappa shape index (κ1) is 25.7. The molecule has 0 aliphatic rings. The maximum absolute atomic E-state index is 10.4. The fourth-order valence-electron chi connectivity index (χ4n) is 4.16. The summed E-state index contributed by atoms with van der Waals surface area (Å²) < 4.78 is 11.5. The number of nitriles is 1. The number of hydrogen-bond donors (Lipinski definition) is 1. The normalized spacial score (nSPS) is 11.9. The highest BCUT2D eigenvalue weighted by Crippen LogP contribution is 2.37. The van der Waals surface area contributed by atoms with Gasteiger partial charge in [0.15, 0.2) is 0 Å². The summed E-state index contributed by atoms with van der Waals surface area (Å²) in [5, 5.41) is 12.5. The third-order valence-corrected chi connectivity index (χ3v) is 8.01. The molecule has 0 radical (unpaired) electrons. The Morgan fingerprint density at radius 2 is 1.13 bits per heavy atom. The van der Waals surface area contributed by atoms with E-state index in [2.05, 4.69) is 30.3 Å². The largest absolute Gasteiger partial charge is 0.439 e. The first-order chi connectivity index (χ1) is 19.2. The summed E-state index contributed by atoms with van der Waals surface area (Å²) in [4.78, 5) is 0. The van der Waals surface area contributed by atoms with Crippen LogP contribution >= 0.6 is 8.07 Å². The number of benzene rings is 5. The Hall–Kier alpha value is -4.97. The van der Waals surface area contributed by atoms with E-state index in [0.29, 0.717) is 11.5 Å². The highest BCUT2D eigenvalue weighted by Gasteiger charge is 2.21. The van der Waals surface area contributed by atoms with Crippen molar-refractivity contribution in [2.45, 2.75) is 0 Å². The van der Waals surface area contributed by atoms with Crippen LogP contribution in [0.1, 0.15) is 5.56 Å². The van der Waals surface area contributed by atoms with Gasteiger partial charge in [0.2, 0.25) is 5.88 Å². The molecule has 5 aromatic carbocycles. The molecule has 0 unspecified atom stereocenters. The lowest BCUT2D eigenvalue weighted by atomic mass is 10.0. The highest BCUT2D eigenvalue weighted by molar-refractivity contribution is 7.72.